The average Bonchev–Trinajstić information content (AvgIpc) is 3.36. The lowest BCUT2D eigenvalue weighted by molar-refractivity contribution is -0.117. The van der Waals surface area contributed by atoms with Crippen LogP contribution in [0.4, 0.5) is 21.6 Å². The largest absolute Gasteiger partial charge is 0.397 e. The summed E-state index contributed by atoms with van der Waals surface area (Å²) in [6.45, 7) is 3.75. The van der Waals surface area contributed by atoms with E-state index >= 15 is 0 Å². The third-order valence-corrected chi connectivity index (χ3v) is 5.99. The van der Waals surface area contributed by atoms with Crippen molar-refractivity contribution >= 4 is 33.9 Å². The maximum Gasteiger partial charge on any atom is 0.229 e. The van der Waals surface area contributed by atoms with Gasteiger partial charge in [-0.15, -0.1) is 0 Å². The number of anilines is 3. The van der Waals surface area contributed by atoms with Gasteiger partial charge in [0.1, 0.15) is 5.82 Å². The lowest BCUT2D eigenvalue weighted by Crippen LogP contribution is -2.16. The minimum Gasteiger partial charge on any atom is -0.397 e. The highest BCUT2D eigenvalue weighted by molar-refractivity contribution is 6.00. The highest BCUT2D eigenvalue weighted by Gasteiger charge is 2.51. The molecule has 0 bridgehead atoms. The van der Waals surface area contributed by atoms with Gasteiger partial charge in [-0.3, -0.25) is 9.78 Å². The van der Waals surface area contributed by atoms with Gasteiger partial charge in [0.05, 0.1) is 23.6 Å². The first-order chi connectivity index (χ1) is 14.3. The van der Waals surface area contributed by atoms with E-state index in [0.29, 0.717) is 39.8 Å². The van der Waals surface area contributed by atoms with Crippen LogP contribution in [0, 0.1) is 41.8 Å². The SMILES string of the molecule is Cc1c(N)cncc1-c1cc2cc(NC(=O)[C@@H]3[C@H](C)[C@H]3CC#N)ncc2c(N)c1F. The summed E-state index contributed by atoms with van der Waals surface area (Å²) in [5, 5.41) is 12.7. The van der Waals surface area contributed by atoms with Crippen molar-refractivity contribution in [3.8, 4) is 17.2 Å². The van der Waals surface area contributed by atoms with E-state index in [1.165, 1.54) is 12.4 Å². The summed E-state index contributed by atoms with van der Waals surface area (Å²) in [6.07, 6.45) is 4.86. The fraction of sp³-hybridized carbons (Fsp3) is 0.273. The Morgan fingerprint density at radius 3 is 2.77 bits per heavy atom. The second kappa shape index (κ2) is 7.26. The van der Waals surface area contributed by atoms with Crippen molar-refractivity contribution in [1.29, 1.82) is 5.26 Å². The number of aromatic nitrogens is 2. The van der Waals surface area contributed by atoms with Crippen LogP contribution in [0.1, 0.15) is 18.9 Å². The van der Waals surface area contributed by atoms with Crippen molar-refractivity contribution in [3.63, 3.8) is 0 Å². The fourth-order valence-electron chi connectivity index (χ4n) is 3.98. The Labute approximate surface area is 172 Å². The molecule has 30 heavy (non-hydrogen) atoms. The minimum atomic E-state index is -0.567. The number of carbonyl (C=O) groups excluding carboxylic acids is 1. The molecule has 1 aliphatic carbocycles. The number of hydrogen-bond donors (Lipinski definition) is 3. The van der Waals surface area contributed by atoms with Gasteiger partial charge in [-0.1, -0.05) is 6.92 Å². The normalized spacial score (nSPS) is 20.0. The van der Waals surface area contributed by atoms with Crippen LogP contribution >= 0.6 is 0 Å². The van der Waals surface area contributed by atoms with Gasteiger partial charge in [-0.2, -0.15) is 5.26 Å². The van der Waals surface area contributed by atoms with Gasteiger partial charge >= 0.3 is 0 Å². The van der Waals surface area contributed by atoms with E-state index in [-0.39, 0.29) is 34.9 Å². The summed E-state index contributed by atoms with van der Waals surface area (Å²) in [7, 11) is 0. The minimum absolute atomic E-state index is 0.0281. The molecule has 0 spiro atoms. The molecule has 1 fully saturated rings. The van der Waals surface area contributed by atoms with Gasteiger partial charge < -0.3 is 16.8 Å². The molecule has 3 aromatic rings. The number of fused-ring (bicyclic) bond motifs is 1. The number of hydrogen-bond acceptors (Lipinski definition) is 6. The first-order valence-corrected chi connectivity index (χ1v) is 9.59. The molecule has 1 aromatic carbocycles. The third-order valence-electron chi connectivity index (χ3n) is 5.99. The summed E-state index contributed by atoms with van der Waals surface area (Å²) < 4.78 is 15.0. The van der Waals surface area contributed by atoms with E-state index in [4.69, 9.17) is 16.7 Å². The Kier molecular flexibility index (Phi) is 4.74. The number of benzene rings is 1. The van der Waals surface area contributed by atoms with Crippen LogP contribution in [0.2, 0.25) is 0 Å². The molecule has 2 heterocycles. The first-order valence-electron chi connectivity index (χ1n) is 9.59. The molecule has 3 atom stereocenters. The molecule has 1 amide bonds. The quantitative estimate of drug-likeness (QED) is 0.569. The number of carbonyl (C=O) groups is 1. The second-order valence-electron chi connectivity index (χ2n) is 7.74. The summed E-state index contributed by atoms with van der Waals surface area (Å²) in [5.41, 5.74) is 13.9. The van der Waals surface area contributed by atoms with Crippen molar-refractivity contribution in [2.24, 2.45) is 17.8 Å². The lowest BCUT2D eigenvalue weighted by atomic mass is 9.97. The molecule has 0 aliphatic heterocycles. The zero-order valence-corrected chi connectivity index (χ0v) is 16.6. The summed E-state index contributed by atoms with van der Waals surface area (Å²) in [6, 6.07) is 5.43. The van der Waals surface area contributed by atoms with Crippen LogP contribution < -0.4 is 16.8 Å². The number of rotatable bonds is 4. The second-order valence-corrected chi connectivity index (χ2v) is 7.74. The van der Waals surface area contributed by atoms with Crippen molar-refractivity contribution in [2.75, 3.05) is 16.8 Å². The predicted octanol–water partition coefficient (Wildman–Crippen LogP) is 3.64. The molecule has 4 rings (SSSR count). The van der Waals surface area contributed by atoms with Crippen LogP contribution in [0.5, 0.6) is 0 Å². The maximum atomic E-state index is 15.0. The van der Waals surface area contributed by atoms with Gasteiger partial charge in [0.15, 0.2) is 5.82 Å². The highest BCUT2D eigenvalue weighted by Crippen LogP contribution is 2.48. The van der Waals surface area contributed by atoms with Gasteiger partial charge in [0.25, 0.3) is 0 Å². The van der Waals surface area contributed by atoms with Crippen LogP contribution in [0.15, 0.2) is 30.7 Å². The van der Waals surface area contributed by atoms with Crippen molar-refractivity contribution in [1.82, 2.24) is 9.97 Å². The molecule has 1 aliphatic rings. The van der Waals surface area contributed by atoms with E-state index < -0.39 is 5.82 Å². The van der Waals surface area contributed by atoms with Gasteiger partial charge in [0, 0.05) is 41.2 Å². The summed E-state index contributed by atoms with van der Waals surface area (Å²) >= 11 is 0. The summed E-state index contributed by atoms with van der Waals surface area (Å²) in [5.74, 6) is -0.339. The number of halogens is 1. The van der Waals surface area contributed by atoms with Crippen LogP contribution in [-0.4, -0.2) is 15.9 Å². The number of nitrogens with two attached hydrogens (primary N) is 2. The first kappa shape index (κ1) is 19.6. The van der Waals surface area contributed by atoms with E-state index in [2.05, 4.69) is 21.4 Å². The Balaban J connectivity index is 1.71. The number of nitrogen functional groups attached to an aromatic ring is 2. The molecule has 5 N–H and O–H groups in total. The van der Waals surface area contributed by atoms with E-state index in [0.717, 1.165) is 0 Å². The number of nitriles is 1. The van der Waals surface area contributed by atoms with Crippen molar-refractivity contribution < 1.29 is 9.18 Å². The third kappa shape index (κ3) is 3.18. The number of pyridine rings is 2. The molecule has 1 saturated carbocycles. The molecular formula is C22H21FN6O. The average molecular weight is 404 g/mol. The van der Waals surface area contributed by atoms with E-state index in [1.807, 2.05) is 6.92 Å². The molecule has 0 saturated heterocycles. The number of nitrogens with one attached hydrogen (secondary N) is 1. The van der Waals surface area contributed by atoms with E-state index in [1.54, 1.807) is 25.3 Å². The summed E-state index contributed by atoms with van der Waals surface area (Å²) in [4.78, 5) is 20.8. The monoisotopic (exact) mass is 404 g/mol. The standard InChI is InChI=1S/C22H21FN6O/c1-10-15(7-27-9-17(10)25)14-5-12-6-18(28-8-16(12)21(26)20(14)23)29-22(30)19-11(2)13(19)3-4-24/h5-9,11,13,19H,3,25-26H2,1-2H3,(H,28,29,30)/t11-,13-,19-/m1/s1. The fourth-order valence-corrected chi connectivity index (χ4v) is 3.98. The molecule has 7 nitrogen and oxygen atoms in total. The predicted molar refractivity (Wildman–Crippen MR) is 113 cm³/mol. The smallest absolute Gasteiger partial charge is 0.229 e. The Morgan fingerprint density at radius 2 is 2.03 bits per heavy atom. The number of amides is 1. The van der Waals surface area contributed by atoms with Gasteiger partial charge in [0.2, 0.25) is 5.91 Å². The Morgan fingerprint density at radius 1 is 1.27 bits per heavy atom. The molecule has 8 heteroatoms. The Hall–Kier alpha value is -3.73. The number of nitrogens with zero attached hydrogens (tertiary/aromatic N) is 3. The zero-order valence-electron chi connectivity index (χ0n) is 16.6. The molecule has 0 radical (unpaired) electrons. The Bertz CT molecular complexity index is 1220. The maximum absolute atomic E-state index is 15.0. The van der Waals surface area contributed by atoms with Crippen molar-refractivity contribution in [3.05, 3.63) is 42.1 Å². The topological polar surface area (TPSA) is 131 Å². The zero-order chi connectivity index (χ0) is 21.6. The molecule has 152 valence electrons. The van der Waals surface area contributed by atoms with Gasteiger partial charge in [-0.05, 0) is 41.8 Å². The van der Waals surface area contributed by atoms with Crippen molar-refractivity contribution in [2.45, 2.75) is 20.3 Å². The van der Waals surface area contributed by atoms with Gasteiger partial charge in [-0.25, -0.2) is 9.37 Å². The van der Waals surface area contributed by atoms with E-state index in [9.17, 15) is 9.18 Å². The molecular weight excluding hydrogens is 383 g/mol. The van der Waals surface area contributed by atoms with Crippen LogP contribution in [0.25, 0.3) is 21.9 Å². The van der Waals surface area contributed by atoms with Crippen LogP contribution in [-0.2, 0) is 4.79 Å². The molecule has 2 aromatic heterocycles. The van der Waals surface area contributed by atoms with Crippen LogP contribution in [0.3, 0.4) is 0 Å². The highest BCUT2D eigenvalue weighted by atomic mass is 19.1. The molecule has 0 unspecified atom stereocenters. The lowest BCUT2D eigenvalue weighted by Gasteiger charge is -2.13.